The molecular weight excluding hydrogens is 266 g/mol. The second-order valence-corrected chi connectivity index (χ2v) is 5.85. The van der Waals surface area contributed by atoms with E-state index in [2.05, 4.69) is 90.3 Å². The molecular formula is C21H23N. The van der Waals surface area contributed by atoms with Crippen LogP contribution in [0.3, 0.4) is 0 Å². The standard InChI is InChI=1S/C21H23N/c1-3-8-18(9-4-1)14-16-20-12-7-13-21(22-20)17-15-19-10-5-2-6-11-19/h1-6,8-11,14-17,20-22H,7,12-13H2/t20-,21?/m1/s1. The van der Waals surface area contributed by atoms with Gasteiger partial charge in [-0.05, 0) is 30.4 Å². The third-order valence-corrected chi connectivity index (χ3v) is 4.10. The van der Waals surface area contributed by atoms with Gasteiger partial charge in [-0.25, -0.2) is 0 Å². The average molecular weight is 289 g/mol. The molecule has 1 fully saturated rings. The molecule has 0 radical (unpaired) electrons. The van der Waals surface area contributed by atoms with Crippen LogP contribution in [-0.4, -0.2) is 12.1 Å². The fraction of sp³-hybridized carbons (Fsp3) is 0.238. The van der Waals surface area contributed by atoms with E-state index in [1.165, 1.54) is 30.4 Å². The highest BCUT2D eigenvalue weighted by molar-refractivity contribution is 5.51. The molecule has 0 spiro atoms. The van der Waals surface area contributed by atoms with Gasteiger partial charge in [-0.1, -0.05) is 85.0 Å². The fourth-order valence-electron chi connectivity index (χ4n) is 2.89. The molecule has 112 valence electrons. The van der Waals surface area contributed by atoms with Crippen LogP contribution in [0.25, 0.3) is 12.2 Å². The summed E-state index contributed by atoms with van der Waals surface area (Å²) in [6.45, 7) is 0. The van der Waals surface area contributed by atoms with E-state index in [-0.39, 0.29) is 0 Å². The van der Waals surface area contributed by atoms with Gasteiger partial charge >= 0.3 is 0 Å². The molecule has 2 aromatic carbocycles. The van der Waals surface area contributed by atoms with E-state index >= 15 is 0 Å². The maximum atomic E-state index is 3.72. The molecule has 2 aromatic rings. The Kier molecular flexibility index (Phi) is 5.22. The summed E-state index contributed by atoms with van der Waals surface area (Å²) in [4.78, 5) is 0. The molecule has 0 aliphatic carbocycles. The molecule has 1 saturated heterocycles. The van der Waals surface area contributed by atoms with Gasteiger partial charge in [0.05, 0.1) is 0 Å². The molecule has 3 rings (SSSR count). The summed E-state index contributed by atoms with van der Waals surface area (Å²) in [6, 6.07) is 22.0. The van der Waals surface area contributed by atoms with Crippen molar-refractivity contribution in [3.63, 3.8) is 0 Å². The summed E-state index contributed by atoms with van der Waals surface area (Å²) in [5.74, 6) is 0. The lowest BCUT2D eigenvalue weighted by Gasteiger charge is -2.27. The Morgan fingerprint density at radius 2 is 1.14 bits per heavy atom. The maximum Gasteiger partial charge on any atom is 0.0258 e. The predicted octanol–water partition coefficient (Wildman–Crippen LogP) is 4.92. The molecule has 0 saturated carbocycles. The fourth-order valence-corrected chi connectivity index (χ4v) is 2.89. The van der Waals surface area contributed by atoms with E-state index in [0.29, 0.717) is 12.1 Å². The van der Waals surface area contributed by atoms with Gasteiger partial charge in [0.25, 0.3) is 0 Å². The first-order valence-electron chi connectivity index (χ1n) is 8.13. The minimum atomic E-state index is 0.472. The Balaban J connectivity index is 1.57. The number of hydrogen-bond donors (Lipinski definition) is 1. The van der Waals surface area contributed by atoms with E-state index < -0.39 is 0 Å². The number of piperidine rings is 1. The number of benzene rings is 2. The quantitative estimate of drug-likeness (QED) is 0.842. The Labute approximate surface area is 133 Å². The first kappa shape index (κ1) is 14.8. The smallest absolute Gasteiger partial charge is 0.0258 e. The minimum Gasteiger partial charge on any atom is -0.304 e. The molecule has 1 aliphatic heterocycles. The first-order valence-corrected chi connectivity index (χ1v) is 8.13. The zero-order valence-corrected chi connectivity index (χ0v) is 12.9. The molecule has 0 bridgehead atoms. The topological polar surface area (TPSA) is 12.0 Å². The van der Waals surface area contributed by atoms with Gasteiger partial charge in [0, 0.05) is 12.1 Å². The van der Waals surface area contributed by atoms with Crippen molar-refractivity contribution in [2.24, 2.45) is 0 Å². The van der Waals surface area contributed by atoms with Gasteiger partial charge in [0.1, 0.15) is 0 Å². The lowest BCUT2D eigenvalue weighted by molar-refractivity contribution is 0.401. The molecule has 0 aromatic heterocycles. The normalized spacial score (nSPS) is 22.4. The highest BCUT2D eigenvalue weighted by Gasteiger charge is 2.16. The van der Waals surface area contributed by atoms with Gasteiger partial charge in [-0.2, -0.15) is 0 Å². The summed E-state index contributed by atoms with van der Waals surface area (Å²) in [6.07, 6.45) is 12.8. The summed E-state index contributed by atoms with van der Waals surface area (Å²) in [5, 5.41) is 3.72. The highest BCUT2D eigenvalue weighted by atomic mass is 15.0. The van der Waals surface area contributed by atoms with Crippen LogP contribution in [0.5, 0.6) is 0 Å². The molecule has 1 unspecified atom stereocenters. The molecule has 0 amide bonds. The summed E-state index contributed by atoms with van der Waals surface area (Å²) < 4.78 is 0. The van der Waals surface area contributed by atoms with Crippen LogP contribution in [0.1, 0.15) is 30.4 Å². The van der Waals surface area contributed by atoms with E-state index in [1.54, 1.807) is 0 Å². The van der Waals surface area contributed by atoms with Crippen LogP contribution >= 0.6 is 0 Å². The lowest BCUT2D eigenvalue weighted by atomic mass is 9.97. The van der Waals surface area contributed by atoms with Crippen molar-refractivity contribution in [2.75, 3.05) is 0 Å². The zero-order valence-electron chi connectivity index (χ0n) is 12.9. The van der Waals surface area contributed by atoms with Crippen LogP contribution in [-0.2, 0) is 0 Å². The number of nitrogens with one attached hydrogen (secondary N) is 1. The van der Waals surface area contributed by atoms with Crippen molar-refractivity contribution in [2.45, 2.75) is 31.3 Å². The third-order valence-electron chi connectivity index (χ3n) is 4.10. The van der Waals surface area contributed by atoms with Crippen LogP contribution in [0, 0.1) is 0 Å². The van der Waals surface area contributed by atoms with Gasteiger partial charge in [-0.3, -0.25) is 0 Å². The molecule has 1 N–H and O–H groups in total. The van der Waals surface area contributed by atoms with Crippen LogP contribution in [0.2, 0.25) is 0 Å². The van der Waals surface area contributed by atoms with Crippen molar-refractivity contribution >= 4 is 12.2 Å². The third kappa shape index (κ3) is 4.44. The Morgan fingerprint density at radius 1 is 0.682 bits per heavy atom. The van der Waals surface area contributed by atoms with Gasteiger partial charge in [0.2, 0.25) is 0 Å². The van der Waals surface area contributed by atoms with Crippen LogP contribution < -0.4 is 5.32 Å². The molecule has 1 aliphatic rings. The van der Waals surface area contributed by atoms with E-state index in [1.807, 2.05) is 0 Å². The Hall–Kier alpha value is -2.12. The van der Waals surface area contributed by atoms with Gasteiger partial charge < -0.3 is 5.32 Å². The monoisotopic (exact) mass is 289 g/mol. The second-order valence-electron chi connectivity index (χ2n) is 5.85. The molecule has 1 nitrogen and oxygen atoms in total. The van der Waals surface area contributed by atoms with Crippen LogP contribution in [0.4, 0.5) is 0 Å². The average Bonchev–Trinajstić information content (AvgIpc) is 2.60. The van der Waals surface area contributed by atoms with Crippen molar-refractivity contribution in [3.05, 3.63) is 83.9 Å². The number of rotatable bonds is 4. The highest BCUT2D eigenvalue weighted by Crippen LogP contribution is 2.16. The summed E-state index contributed by atoms with van der Waals surface area (Å²) >= 11 is 0. The summed E-state index contributed by atoms with van der Waals surface area (Å²) in [5.41, 5.74) is 2.54. The van der Waals surface area contributed by atoms with Gasteiger partial charge in [-0.15, -0.1) is 0 Å². The predicted molar refractivity (Wildman–Crippen MR) is 95.5 cm³/mol. The second kappa shape index (κ2) is 7.77. The lowest BCUT2D eigenvalue weighted by Crippen LogP contribution is -2.39. The van der Waals surface area contributed by atoms with Crippen molar-refractivity contribution < 1.29 is 0 Å². The van der Waals surface area contributed by atoms with E-state index in [4.69, 9.17) is 0 Å². The SMILES string of the molecule is C(=CC1CCC[C@H](C=Cc2ccccc2)N1)c1ccccc1. The van der Waals surface area contributed by atoms with E-state index in [0.717, 1.165) is 0 Å². The van der Waals surface area contributed by atoms with Crippen molar-refractivity contribution in [3.8, 4) is 0 Å². The molecule has 2 atom stereocenters. The molecule has 1 heterocycles. The molecule has 22 heavy (non-hydrogen) atoms. The largest absolute Gasteiger partial charge is 0.304 e. The Morgan fingerprint density at radius 3 is 1.59 bits per heavy atom. The van der Waals surface area contributed by atoms with Crippen molar-refractivity contribution in [1.82, 2.24) is 5.32 Å². The minimum absolute atomic E-state index is 0.472. The van der Waals surface area contributed by atoms with E-state index in [9.17, 15) is 0 Å². The Bertz CT molecular complexity index is 557. The van der Waals surface area contributed by atoms with Crippen molar-refractivity contribution in [1.29, 1.82) is 0 Å². The summed E-state index contributed by atoms with van der Waals surface area (Å²) in [7, 11) is 0. The first-order chi connectivity index (χ1) is 10.9. The maximum absolute atomic E-state index is 3.72. The zero-order chi connectivity index (χ0) is 15.0. The van der Waals surface area contributed by atoms with Gasteiger partial charge in [0.15, 0.2) is 0 Å². The van der Waals surface area contributed by atoms with Crippen LogP contribution in [0.15, 0.2) is 72.8 Å². The number of hydrogen-bond acceptors (Lipinski definition) is 1. The molecule has 1 heteroatoms.